The molecule has 3 heteroatoms. The smallest absolute Gasteiger partial charge is 0.251 e. The Morgan fingerprint density at radius 3 is 2.42 bits per heavy atom. The molecule has 104 valence electrons. The van der Waals surface area contributed by atoms with Crippen LogP contribution in [0, 0.1) is 6.92 Å². The Morgan fingerprint density at radius 1 is 1.16 bits per heavy atom. The van der Waals surface area contributed by atoms with E-state index in [2.05, 4.69) is 21.2 Å². The van der Waals surface area contributed by atoms with Crippen LogP contribution >= 0.6 is 15.9 Å². The molecule has 0 unspecified atom stereocenters. The molecule has 0 spiro atoms. The molecule has 1 fully saturated rings. The van der Waals surface area contributed by atoms with E-state index >= 15 is 0 Å². The molecule has 0 aromatic heterocycles. The highest BCUT2D eigenvalue weighted by molar-refractivity contribution is 9.10. The van der Waals surface area contributed by atoms with Crippen molar-refractivity contribution in [1.29, 1.82) is 0 Å². The summed E-state index contributed by atoms with van der Waals surface area (Å²) in [5.74, 6) is 0.0614. The maximum atomic E-state index is 12.2. The second kappa shape index (κ2) is 7.09. The first-order valence-corrected chi connectivity index (χ1v) is 8.03. The SMILES string of the molecule is Cc1ccc(C(=O)NC2CCCCCCC2)cc1Br. The molecule has 1 amide bonds. The van der Waals surface area contributed by atoms with E-state index in [0.29, 0.717) is 6.04 Å². The van der Waals surface area contributed by atoms with Crippen molar-refractivity contribution in [3.63, 3.8) is 0 Å². The van der Waals surface area contributed by atoms with Gasteiger partial charge in [-0.2, -0.15) is 0 Å². The van der Waals surface area contributed by atoms with Crippen molar-refractivity contribution in [2.75, 3.05) is 0 Å². The van der Waals surface area contributed by atoms with Gasteiger partial charge in [0.2, 0.25) is 0 Å². The van der Waals surface area contributed by atoms with E-state index in [4.69, 9.17) is 0 Å². The standard InChI is InChI=1S/C16H22BrNO/c1-12-9-10-13(11-15(12)17)16(19)18-14-7-5-3-2-4-6-8-14/h9-11,14H,2-8H2,1H3,(H,18,19). The molecular weight excluding hydrogens is 302 g/mol. The van der Waals surface area contributed by atoms with Crippen LogP contribution in [-0.2, 0) is 0 Å². The molecule has 2 rings (SSSR count). The number of hydrogen-bond acceptors (Lipinski definition) is 1. The van der Waals surface area contributed by atoms with E-state index in [0.717, 1.165) is 28.4 Å². The summed E-state index contributed by atoms with van der Waals surface area (Å²) < 4.78 is 0.998. The molecule has 19 heavy (non-hydrogen) atoms. The first-order chi connectivity index (χ1) is 9.16. The Labute approximate surface area is 124 Å². The fourth-order valence-electron chi connectivity index (χ4n) is 2.60. The zero-order valence-electron chi connectivity index (χ0n) is 11.5. The van der Waals surface area contributed by atoms with Crippen LogP contribution in [0.1, 0.15) is 60.9 Å². The van der Waals surface area contributed by atoms with Gasteiger partial charge in [0.15, 0.2) is 0 Å². The van der Waals surface area contributed by atoms with Crippen LogP contribution in [0.5, 0.6) is 0 Å². The summed E-state index contributed by atoms with van der Waals surface area (Å²) in [6.07, 6.45) is 8.69. The molecule has 1 aliphatic rings. The number of halogens is 1. The Kier molecular flexibility index (Phi) is 5.44. The third-order valence-corrected chi connectivity index (χ3v) is 4.73. The highest BCUT2D eigenvalue weighted by Crippen LogP contribution is 2.19. The van der Waals surface area contributed by atoms with Gasteiger partial charge < -0.3 is 5.32 Å². The lowest BCUT2D eigenvalue weighted by Gasteiger charge is -2.21. The molecule has 0 radical (unpaired) electrons. The Balaban J connectivity index is 1.96. The highest BCUT2D eigenvalue weighted by atomic mass is 79.9. The lowest BCUT2D eigenvalue weighted by Crippen LogP contribution is -2.35. The van der Waals surface area contributed by atoms with Crippen LogP contribution in [-0.4, -0.2) is 11.9 Å². The van der Waals surface area contributed by atoms with Gasteiger partial charge in [-0.05, 0) is 37.5 Å². The van der Waals surface area contributed by atoms with Gasteiger partial charge in [-0.25, -0.2) is 0 Å². The molecule has 1 N–H and O–H groups in total. The second-order valence-corrected chi connectivity index (χ2v) is 6.33. The molecule has 1 aliphatic carbocycles. The van der Waals surface area contributed by atoms with E-state index in [9.17, 15) is 4.79 Å². The average Bonchev–Trinajstić information content (AvgIpc) is 2.35. The van der Waals surface area contributed by atoms with Gasteiger partial charge in [0, 0.05) is 16.1 Å². The van der Waals surface area contributed by atoms with Crippen LogP contribution < -0.4 is 5.32 Å². The summed E-state index contributed by atoms with van der Waals surface area (Å²) in [5.41, 5.74) is 1.90. The summed E-state index contributed by atoms with van der Waals surface area (Å²) in [6, 6.07) is 6.15. The van der Waals surface area contributed by atoms with Crippen LogP contribution in [0.4, 0.5) is 0 Å². The van der Waals surface area contributed by atoms with Gasteiger partial charge >= 0.3 is 0 Å². The first-order valence-electron chi connectivity index (χ1n) is 7.24. The number of carbonyl (C=O) groups is 1. The van der Waals surface area contributed by atoms with Crippen molar-refractivity contribution in [2.45, 2.75) is 57.9 Å². The van der Waals surface area contributed by atoms with Crippen LogP contribution in [0.15, 0.2) is 22.7 Å². The lowest BCUT2D eigenvalue weighted by molar-refractivity contribution is 0.0930. The minimum absolute atomic E-state index is 0.0614. The first kappa shape index (κ1) is 14.6. The molecule has 2 nitrogen and oxygen atoms in total. The van der Waals surface area contributed by atoms with E-state index in [1.807, 2.05) is 25.1 Å². The Morgan fingerprint density at radius 2 is 1.79 bits per heavy atom. The number of benzene rings is 1. The molecule has 1 aromatic carbocycles. The monoisotopic (exact) mass is 323 g/mol. The summed E-state index contributed by atoms with van der Waals surface area (Å²) in [4.78, 5) is 12.2. The number of rotatable bonds is 2. The van der Waals surface area contributed by atoms with Gasteiger partial charge in [0.25, 0.3) is 5.91 Å². The number of nitrogens with one attached hydrogen (secondary N) is 1. The van der Waals surface area contributed by atoms with Crippen molar-refractivity contribution in [2.24, 2.45) is 0 Å². The third-order valence-electron chi connectivity index (χ3n) is 3.87. The molecule has 0 bridgehead atoms. The van der Waals surface area contributed by atoms with Gasteiger partial charge in [0.1, 0.15) is 0 Å². The van der Waals surface area contributed by atoms with Crippen LogP contribution in [0.2, 0.25) is 0 Å². The van der Waals surface area contributed by atoms with Crippen molar-refractivity contribution >= 4 is 21.8 Å². The summed E-state index contributed by atoms with van der Waals surface area (Å²) in [6.45, 7) is 2.03. The summed E-state index contributed by atoms with van der Waals surface area (Å²) in [5, 5.41) is 3.19. The van der Waals surface area contributed by atoms with Crippen molar-refractivity contribution in [3.05, 3.63) is 33.8 Å². The van der Waals surface area contributed by atoms with Crippen LogP contribution in [0.3, 0.4) is 0 Å². The van der Waals surface area contributed by atoms with E-state index in [1.54, 1.807) is 0 Å². The topological polar surface area (TPSA) is 29.1 Å². The number of aryl methyl sites for hydroxylation is 1. The predicted octanol–water partition coefficient (Wildman–Crippen LogP) is 4.60. The largest absolute Gasteiger partial charge is 0.349 e. The summed E-state index contributed by atoms with van der Waals surface area (Å²) in [7, 11) is 0. The molecule has 1 aromatic rings. The van der Waals surface area contributed by atoms with E-state index in [-0.39, 0.29) is 5.91 Å². The van der Waals surface area contributed by atoms with E-state index in [1.165, 1.54) is 32.1 Å². The minimum atomic E-state index is 0.0614. The average molecular weight is 324 g/mol. The predicted molar refractivity (Wildman–Crippen MR) is 82.5 cm³/mol. The van der Waals surface area contributed by atoms with Gasteiger partial charge in [-0.1, -0.05) is 54.1 Å². The maximum absolute atomic E-state index is 12.2. The van der Waals surface area contributed by atoms with E-state index < -0.39 is 0 Å². The third kappa shape index (κ3) is 4.34. The Bertz CT molecular complexity index is 436. The Hall–Kier alpha value is -0.830. The quantitative estimate of drug-likeness (QED) is 0.846. The fraction of sp³-hybridized carbons (Fsp3) is 0.562. The number of amides is 1. The zero-order chi connectivity index (χ0) is 13.7. The number of hydrogen-bond donors (Lipinski definition) is 1. The zero-order valence-corrected chi connectivity index (χ0v) is 13.1. The lowest BCUT2D eigenvalue weighted by atomic mass is 9.96. The molecule has 1 saturated carbocycles. The molecule has 0 atom stereocenters. The molecule has 0 heterocycles. The van der Waals surface area contributed by atoms with Gasteiger partial charge in [-0.3, -0.25) is 4.79 Å². The van der Waals surface area contributed by atoms with Crippen molar-refractivity contribution in [1.82, 2.24) is 5.32 Å². The van der Waals surface area contributed by atoms with Crippen molar-refractivity contribution in [3.8, 4) is 0 Å². The highest BCUT2D eigenvalue weighted by Gasteiger charge is 2.15. The normalized spacial score (nSPS) is 17.6. The van der Waals surface area contributed by atoms with Crippen molar-refractivity contribution < 1.29 is 4.79 Å². The summed E-state index contributed by atoms with van der Waals surface area (Å²) >= 11 is 3.48. The fourth-order valence-corrected chi connectivity index (χ4v) is 2.98. The minimum Gasteiger partial charge on any atom is -0.349 e. The van der Waals surface area contributed by atoms with Crippen LogP contribution in [0.25, 0.3) is 0 Å². The molecule has 0 saturated heterocycles. The molecule has 0 aliphatic heterocycles. The van der Waals surface area contributed by atoms with Gasteiger partial charge in [0.05, 0.1) is 0 Å². The maximum Gasteiger partial charge on any atom is 0.251 e. The number of carbonyl (C=O) groups excluding carboxylic acids is 1. The second-order valence-electron chi connectivity index (χ2n) is 5.48. The molecular formula is C16H22BrNO. The van der Waals surface area contributed by atoms with Gasteiger partial charge in [-0.15, -0.1) is 0 Å².